The highest BCUT2D eigenvalue weighted by atomic mass is 35.5. The van der Waals surface area contributed by atoms with E-state index in [4.69, 9.17) is 16.7 Å². The fourth-order valence-corrected chi connectivity index (χ4v) is 2.75. The topological polar surface area (TPSA) is 37.3 Å². The molecule has 0 saturated heterocycles. The van der Waals surface area contributed by atoms with Crippen molar-refractivity contribution in [3.8, 4) is 0 Å². The molecule has 2 rings (SSSR count). The zero-order chi connectivity index (χ0) is 11.9. The summed E-state index contributed by atoms with van der Waals surface area (Å²) in [5, 5.41) is 9.70. The van der Waals surface area contributed by atoms with Gasteiger partial charge in [0.05, 0.1) is 6.42 Å². The molecule has 2 nitrogen and oxygen atoms in total. The molecule has 0 atom stereocenters. The van der Waals surface area contributed by atoms with Gasteiger partial charge in [0.15, 0.2) is 0 Å². The maximum Gasteiger partial charge on any atom is 0.304 e. The maximum atomic E-state index is 10.9. The lowest BCUT2D eigenvalue weighted by Gasteiger charge is -2.19. The number of hydrogen-bond acceptors (Lipinski definition) is 1. The highest BCUT2D eigenvalue weighted by molar-refractivity contribution is 6.31. The van der Waals surface area contributed by atoms with Gasteiger partial charge in [-0.05, 0) is 49.4 Å². The Labute approximate surface area is 100 Å². The predicted octanol–water partition coefficient (Wildman–Crippen LogP) is 3.46. The molecule has 1 saturated carbocycles. The van der Waals surface area contributed by atoms with Gasteiger partial charge in [-0.1, -0.05) is 17.7 Å². The second kappa shape index (κ2) is 3.77. The Kier molecular flexibility index (Phi) is 2.70. The first-order chi connectivity index (χ1) is 7.46. The Morgan fingerprint density at radius 1 is 1.44 bits per heavy atom. The highest BCUT2D eigenvalue weighted by Crippen LogP contribution is 2.53. The molecule has 0 bridgehead atoms. The number of benzene rings is 1. The molecule has 1 N–H and O–H groups in total. The molecule has 1 aromatic carbocycles. The van der Waals surface area contributed by atoms with E-state index in [1.54, 1.807) is 0 Å². The van der Waals surface area contributed by atoms with Crippen LogP contribution in [0, 0.1) is 13.8 Å². The number of halogens is 1. The summed E-state index contributed by atoms with van der Waals surface area (Å²) in [4.78, 5) is 10.9. The average Bonchev–Trinajstić information content (AvgIpc) is 2.92. The minimum absolute atomic E-state index is 0.148. The Morgan fingerprint density at radius 2 is 2.06 bits per heavy atom. The summed E-state index contributed by atoms with van der Waals surface area (Å²) in [6.45, 7) is 4.01. The molecule has 0 unspecified atom stereocenters. The summed E-state index contributed by atoms with van der Waals surface area (Å²) in [5.74, 6) is -0.726. The first-order valence-electron chi connectivity index (χ1n) is 5.44. The lowest BCUT2D eigenvalue weighted by molar-refractivity contribution is -0.137. The summed E-state index contributed by atoms with van der Waals surface area (Å²) in [7, 11) is 0. The van der Waals surface area contributed by atoms with Crippen LogP contribution in [0.25, 0.3) is 0 Å². The van der Waals surface area contributed by atoms with Gasteiger partial charge in [-0.25, -0.2) is 0 Å². The summed E-state index contributed by atoms with van der Waals surface area (Å²) in [5.41, 5.74) is 3.20. The van der Waals surface area contributed by atoms with Crippen molar-refractivity contribution in [3.05, 3.63) is 33.8 Å². The molecule has 1 aliphatic carbocycles. The number of carboxylic acids is 1. The Morgan fingerprint density at radius 3 is 2.56 bits per heavy atom. The minimum atomic E-state index is -0.726. The van der Waals surface area contributed by atoms with Gasteiger partial charge in [0.1, 0.15) is 0 Å². The van der Waals surface area contributed by atoms with Crippen molar-refractivity contribution < 1.29 is 9.90 Å². The van der Waals surface area contributed by atoms with Crippen LogP contribution in [-0.4, -0.2) is 11.1 Å². The molecule has 0 heterocycles. The van der Waals surface area contributed by atoms with Crippen molar-refractivity contribution in [2.75, 3.05) is 0 Å². The molecule has 0 amide bonds. The molecule has 0 spiro atoms. The second-order valence-corrected chi connectivity index (χ2v) is 5.12. The molecule has 0 aliphatic heterocycles. The third-order valence-electron chi connectivity index (χ3n) is 3.48. The van der Waals surface area contributed by atoms with E-state index < -0.39 is 5.97 Å². The minimum Gasteiger partial charge on any atom is -0.481 e. The van der Waals surface area contributed by atoms with Gasteiger partial charge in [0.2, 0.25) is 0 Å². The second-order valence-electron chi connectivity index (χ2n) is 4.72. The first-order valence-corrected chi connectivity index (χ1v) is 5.82. The van der Waals surface area contributed by atoms with Crippen LogP contribution in [0.15, 0.2) is 12.1 Å². The van der Waals surface area contributed by atoms with Gasteiger partial charge in [0, 0.05) is 10.4 Å². The van der Waals surface area contributed by atoms with E-state index >= 15 is 0 Å². The van der Waals surface area contributed by atoms with Crippen LogP contribution in [0.1, 0.15) is 36.0 Å². The molecule has 1 fully saturated rings. The van der Waals surface area contributed by atoms with Gasteiger partial charge in [-0.15, -0.1) is 0 Å². The molecule has 86 valence electrons. The smallest absolute Gasteiger partial charge is 0.304 e. The maximum absolute atomic E-state index is 10.9. The van der Waals surface area contributed by atoms with Crippen LogP contribution in [0.3, 0.4) is 0 Å². The van der Waals surface area contributed by atoms with Crippen LogP contribution in [0.2, 0.25) is 5.02 Å². The van der Waals surface area contributed by atoms with E-state index in [1.807, 2.05) is 26.0 Å². The van der Waals surface area contributed by atoms with E-state index in [0.717, 1.165) is 34.6 Å². The first kappa shape index (κ1) is 11.5. The van der Waals surface area contributed by atoms with Gasteiger partial charge in [-0.2, -0.15) is 0 Å². The summed E-state index contributed by atoms with van der Waals surface area (Å²) in [6.07, 6.45) is 2.14. The van der Waals surface area contributed by atoms with Crippen LogP contribution in [-0.2, 0) is 10.2 Å². The standard InChI is InChI=1S/C13H15ClO2/c1-8-3-4-10(14)9(2)12(8)13(5-6-13)7-11(15)16/h3-4H,5-7H2,1-2H3,(H,15,16). The lowest BCUT2D eigenvalue weighted by atomic mass is 9.85. The summed E-state index contributed by atoms with van der Waals surface area (Å²) < 4.78 is 0. The lowest BCUT2D eigenvalue weighted by Crippen LogP contribution is -2.16. The van der Waals surface area contributed by atoms with Crippen molar-refractivity contribution in [3.63, 3.8) is 0 Å². The SMILES string of the molecule is Cc1ccc(Cl)c(C)c1C1(CC(=O)O)CC1. The molecule has 0 radical (unpaired) electrons. The monoisotopic (exact) mass is 238 g/mol. The number of aliphatic carboxylic acids is 1. The summed E-state index contributed by atoms with van der Waals surface area (Å²) >= 11 is 6.11. The van der Waals surface area contributed by atoms with Crippen LogP contribution < -0.4 is 0 Å². The normalized spacial score (nSPS) is 17.2. The number of hydrogen-bond donors (Lipinski definition) is 1. The fourth-order valence-electron chi connectivity index (χ4n) is 2.59. The number of carbonyl (C=O) groups is 1. The Balaban J connectivity index is 2.48. The number of aryl methyl sites for hydroxylation is 1. The van der Waals surface area contributed by atoms with Crippen LogP contribution >= 0.6 is 11.6 Å². The van der Waals surface area contributed by atoms with E-state index in [2.05, 4.69) is 0 Å². The zero-order valence-electron chi connectivity index (χ0n) is 9.51. The van der Waals surface area contributed by atoms with Crippen LogP contribution in [0.4, 0.5) is 0 Å². The van der Waals surface area contributed by atoms with Gasteiger partial charge in [-0.3, -0.25) is 4.79 Å². The highest BCUT2D eigenvalue weighted by Gasteiger charge is 2.47. The van der Waals surface area contributed by atoms with E-state index in [1.165, 1.54) is 0 Å². The Bertz CT molecular complexity index is 447. The van der Waals surface area contributed by atoms with E-state index in [0.29, 0.717) is 0 Å². The number of carboxylic acid groups (broad SMARTS) is 1. The molecule has 1 aliphatic rings. The number of rotatable bonds is 3. The molecule has 16 heavy (non-hydrogen) atoms. The van der Waals surface area contributed by atoms with Gasteiger partial charge >= 0.3 is 5.97 Å². The zero-order valence-corrected chi connectivity index (χ0v) is 10.3. The van der Waals surface area contributed by atoms with Crippen molar-refractivity contribution in [2.24, 2.45) is 0 Å². The van der Waals surface area contributed by atoms with E-state index in [-0.39, 0.29) is 11.8 Å². The van der Waals surface area contributed by atoms with Crippen molar-refractivity contribution in [1.29, 1.82) is 0 Å². The van der Waals surface area contributed by atoms with Crippen molar-refractivity contribution in [2.45, 2.75) is 38.5 Å². The summed E-state index contributed by atoms with van der Waals surface area (Å²) in [6, 6.07) is 3.86. The van der Waals surface area contributed by atoms with Gasteiger partial charge < -0.3 is 5.11 Å². The third kappa shape index (κ3) is 1.82. The largest absolute Gasteiger partial charge is 0.481 e. The molecule has 1 aromatic rings. The Hall–Kier alpha value is -1.02. The molecular formula is C13H15ClO2. The molecule has 0 aromatic heterocycles. The fraction of sp³-hybridized carbons (Fsp3) is 0.462. The van der Waals surface area contributed by atoms with Gasteiger partial charge in [0.25, 0.3) is 0 Å². The molecule has 3 heteroatoms. The van der Waals surface area contributed by atoms with Crippen molar-refractivity contribution >= 4 is 17.6 Å². The van der Waals surface area contributed by atoms with Crippen LogP contribution in [0.5, 0.6) is 0 Å². The third-order valence-corrected chi connectivity index (χ3v) is 3.89. The molecular weight excluding hydrogens is 224 g/mol. The van der Waals surface area contributed by atoms with E-state index in [9.17, 15) is 4.79 Å². The quantitative estimate of drug-likeness (QED) is 0.876. The average molecular weight is 239 g/mol. The predicted molar refractivity (Wildman–Crippen MR) is 64.1 cm³/mol. The van der Waals surface area contributed by atoms with Crippen molar-refractivity contribution in [1.82, 2.24) is 0 Å².